The summed E-state index contributed by atoms with van der Waals surface area (Å²) >= 11 is 1.55. The average molecular weight is 354 g/mol. The number of nitriles is 1. The molecule has 0 saturated carbocycles. The Morgan fingerprint density at radius 1 is 1.48 bits per heavy atom. The molecule has 5 nitrogen and oxygen atoms in total. The van der Waals surface area contributed by atoms with Crippen molar-refractivity contribution < 1.29 is 4.39 Å². The van der Waals surface area contributed by atoms with E-state index in [1.54, 1.807) is 23.5 Å². The summed E-state index contributed by atoms with van der Waals surface area (Å²) in [6.45, 7) is 3.45. The van der Waals surface area contributed by atoms with E-state index >= 15 is 0 Å². The summed E-state index contributed by atoms with van der Waals surface area (Å²) in [5.74, 6) is -0.576. The van der Waals surface area contributed by atoms with Gasteiger partial charge in [-0.05, 0) is 43.1 Å². The molecule has 0 unspecified atom stereocenters. The minimum absolute atomic E-state index is 0.00345. The number of aromatic nitrogens is 2. The molecular formula is C18H15FN4OS. The van der Waals surface area contributed by atoms with Crippen LogP contribution >= 0.6 is 11.3 Å². The van der Waals surface area contributed by atoms with Crippen LogP contribution in [0.5, 0.6) is 0 Å². The largest absolute Gasteiger partial charge is 0.312 e. The van der Waals surface area contributed by atoms with Crippen molar-refractivity contribution in [2.45, 2.75) is 25.9 Å². The smallest absolute Gasteiger partial charge is 0.262 e. The minimum atomic E-state index is -0.576. The second kappa shape index (κ2) is 6.06. The summed E-state index contributed by atoms with van der Waals surface area (Å²) in [6, 6.07) is 5.87. The molecule has 1 aliphatic rings. The number of rotatable bonds is 2. The molecule has 126 valence electrons. The molecule has 7 heteroatoms. The van der Waals surface area contributed by atoms with E-state index < -0.39 is 5.82 Å². The first-order valence-corrected chi connectivity index (χ1v) is 8.83. The molecule has 1 aliphatic heterocycles. The van der Waals surface area contributed by atoms with Crippen molar-refractivity contribution in [3.63, 3.8) is 0 Å². The molecule has 3 heterocycles. The van der Waals surface area contributed by atoms with Gasteiger partial charge in [0, 0.05) is 11.4 Å². The minimum Gasteiger partial charge on any atom is -0.312 e. The Morgan fingerprint density at radius 3 is 3.08 bits per heavy atom. The molecule has 25 heavy (non-hydrogen) atoms. The van der Waals surface area contributed by atoms with Gasteiger partial charge in [-0.2, -0.15) is 5.26 Å². The van der Waals surface area contributed by atoms with Crippen LogP contribution in [0, 0.1) is 17.1 Å². The van der Waals surface area contributed by atoms with Gasteiger partial charge < -0.3 is 5.32 Å². The van der Waals surface area contributed by atoms with Gasteiger partial charge in [-0.15, -0.1) is 11.3 Å². The van der Waals surface area contributed by atoms with Crippen LogP contribution in [0.1, 0.15) is 34.5 Å². The number of benzene rings is 1. The van der Waals surface area contributed by atoms with E-state index in [-0.39, 0.29) is 17.2 Å². The zero-order valence-electron chi connectivity index (χ0n) is 13.5. The third-order valence-electron chi connectivity index (χ3n) is 4.67. The molecule has 0 aliphatic carbocycles. The van der Waals surface area contributed by atoms with Gasteiger partial charge in [-0.3, -0.25) is 9.36 Å². The number of hydrogen-bond acceptors (Lipinski definition) is 5. The van der Waals surface area contributed by atoms with Gasteiger partial charge in [0.05, 0.1) is 23.3 Å². The van der Waals surface area contributed by atoms with E-state index in [4.69, 9.17) is 5.26 Å². The fourth-order valence-electron chi connectivity index (χ4n) is 3.25. The Bertz CT molecular complexity index is 1080. The maximum Gasteiger partial charge on any atom is 0.262 e. The summed E-state index contributed by atoms with van der Waals surface area (Å²) < 4.78 is 15.5. The summed E-state index contributed by atoms with van der Waals surface area (Å²) in [5.41, 5.74) is 1.62. The van der Waals surface area contributed by atoms with Crippen LogP contribution in [-0.4, -0.2) is 16.1 Å². The van der Waals surface area contributed by atoms with E-state index in [2.05, 4.69) is 10.3 Å². The van der Waals surface area contributed by atoms with Crippen molar-refractivity contribution in [2.75, 3.05) is 6.54 Å². The first-order valence-electron chi connectivity index (χ1n) is 8.02. The number of thiophene rings is 1. The molecule has 0 fully saturated rings. The molecule has 0 bridgehead atoms. The maximum absolute atomic E-state index is 13.9. The lowest BCUT2D eigenvalue weighted by Crippen LogP contribution is -2.26. The van der Waals surface area contributed by atoms with Gasteiger partial charge in [0.2, 0.25) is 0 Å². The van der Waals surface area contributed by atoms with Crippen LogP contribution in [0.25, 0.3) is 10.2 Å². The summed E-state index contributed by atoms with van der Waals surface area (Å²) in [6.07, 6.45) is 2.34. The third kappa shape index (κ3) is 2.54. The van der Waals surface area contributed by atoms with Crippen LogP contribution in [-0.2, 0) is 13.0 Å². The highest BCUT2D eigenvalue weighted by Gasteiger charge is 2.21. The van der Waals surface area contributed by atoms with E-state index in [1.165, 1.54) is 27.9 Å². The van der Waals surface area contributed by atoms with E-state index in [9.17, 15) is 9.18 Å². The molecule has 0 saturated heterocycles. The lowest BCUT2D eigenvalue weighted by Gasteiger charge is -2.16. The number of halogens is 1. The predicted octanol–water partition coefficient (Wildman–Crippen LogP) is 2.72. The van der Waals surface area contributed by atoms with Crippen LogP contribution in [0.4, 0.5) is 4.39 Å². The average Bonchev–Trinajstić information content (AvgIpc) is 3.00. The van der Waals surface area contributed by atoms with Gasteiger partial charge >= 0.3 is 0 Å². The number of fused-ring (bicyclic) bond motifs is 3. The van der Waals surface area contributed by atoms with Gasteiger partial charge in [-0.1, -0.05) is 6.07 Å². The highest BCUT2D eigenvalue weighted by Crippen LogP contribution is 2.30. The molecule has 1 N–H and O–H groups in total. The molecule has 3 aromatic rings. The highest BCUT2D eigenvalue weighted by molar-refractivity contribution is 7.18. The zero-order valence-corrected chi connectivity index (χ0v) is 14.4. The number of nitrogens with zero attached hydrogens (tertiary/aromatic N) is 3. The normalized spacial score (nSPS) is 14.9. The Labute approximate surface area is 147 Å². The topological polar surface area (TPSA) is 70.7 Å². The summed E-state index contributed by atoms with van der Waals surface area (Å²) in [7, 11) is 0. The van der Waals surface area contributed by atoms with Crippen LogP contribution in [0.15, 0.2) is 29.3 Å². The van der Waals surface area contributed by atoms with Crippen molar-refractivity contribution in [3.8, 4) is 6.07 Å². The lowest BCUT2D eigenvalue weighted by atomic mass is 10.0. The second-order valence-electron chi connectivity index (χ2n) is 6.09. The predicted molar refractivity (Wildman–Crippen MR) is 94.2 cm³/mol. The molecule has 0 spiro atoms. The first kappa shape index (κ1) is 15.9. The van der Waals surface area contributed by atoms with Gasteiger partial charge in [0.1, 0.15) is 16.7 Å². The second-order valence-corrected chi connectivity index (χ2v) is 7.18. The van der Waals surface area contributed by atoms with Crippen molar-refractivity contribution in [3.05, 3.63) is 62.3 Å². The Kier molecular flexibility index (Phi) is 3.86. The molecule has 1 aromatic carbocycles. The van der Waals surface area contributed by atoms with Crippen molar-refractivity contribution in [2.24, 2.45) is 0 Å². The summed E-state index contributed by atoms with van der Waals surface area (Å²) in [4.78, 5) is 19.4. The van der Waals surface area contributed by atoms with Crippen molar-refractivity contribution in [1.29, 1.82) is 5.26 Å². The Hall–Kier alpha value is -2.56. The lowest BCUT2D eigenvalue weighted by molar-refractivity contribution is 0.588. The molecule has 0 radical (unpaired) electrons. The maximum atomic E-state index is 13.9. The van der Waals surface area contributed by atoms with E-state index in [1.807, 2.05) is 6.92 Å². The van der Waals surface area contributed by atoms with Crippen LogP contribution in [0.3, 0.4) is 0 Å². The molecule has 1 atom stereocenters. The quantitative estimate of drug-likeness (QED) is 0.768. The Morgan fingerprint density at radius 2 is 2.32 bits per heavy atom. The zero-order chi connectivity index (χ0) is 17.6. The number of nitrogens with one attached hydrogen (secondary N) is 1. The van der Waals surface area contributed by atoms with E-state index in [0.717, 1.165) is 29.9 Å². The number of hydrogen-bond donors (Lipinski definition) is 1. The van der Waals surface area contributed by atoms with Gasteiger partial charge in [0.25, 0.3) is 5.56 Å². The standard InChI is InChI=1S/C18H15FN4OS/c1-10(11-2-3-12(7-20)14(19)6-11)23-9-22-17-16(18(23)24)13-4-5-21-8-15(13)25-17/h2-3,6,9-10,21H,4-5,8H2,1H3/t10-/m0/s1. The first-order chi connectivity index (χ1) is 12.1. The van der Waals surface area contributed by atoms with Crippen molar-refractivity contribution >= 4 is 21.6 Å². The fraction of sp³-hybridized carbons (Fsp3) is 0.278. The molecular weight excluding hydrogens is 339 g/mol. The molecule has 0 amide bonds. The monoisotopic (exact) mass is 354 g/mol. The SMILES string of the molecule is C[C@@H](c1ccc(C#N)c(F)c1)n1cnc2sc3c(c2c1=O)CCNC3. The summed E-state index contributed by atoms with van der Waals surface area (Å²) in [5, 5.41) is 12.8. The Balaban J connectivity index is 1.84. The third-order valence-corrected chi connectivity index (χ3v) is 5.81. The van der Waals surface area contributed by atoms with Gasteiger partial charge in [-0.25, -0.2) is 9.37 Å². The molecule has 2 aromatic heterocycles. The van der Waals surface area contributed by atoms with Gasteiger partial charge in [0.15, 0.2) is 0 Å². The van der Waals surface area contributed by atoms with Crippen LogP contribution < -0.4 is 10.9 Å². The fourth-order valence-corrected chi connectivity index (χ4v) is 4.39. The highest BCUT2D eigenvalue weighted by atomic mass is 32.1. The van der Waals surface area contributed by atoms with Crippen LogP contribution in [0.2, 0.25) is 0 Å². The van der Waals surface area contributed by atoms with E-state index in [0.29, 0.717) is 10.9 Å². The van der Waals surface area contributed by atoms with Crippen molar-refractivity contribution in [1.82, 2.24) is 14.9 Å². The molecule has 4 rings (SSSR count).